The van der Waals surface area contributed by atoms with Gasteiger partial charge in [0.25, 0.3) is 0 Å². The first kappa shape index (κ1) is 10.9. The molecule has 0 bridgehead atoms. The largest absolute Gasteiger partial charge is 0.390 e. The fraction of sp³-hybridized carbons (Fsp3) is 0.500. The van der Waals surface area contributed by atoms with Crippen molar-refractivity contribution in [1.29, 1.82) is 0 Å². The Morgan fingerprint density at radius 1 is 1.33 bits per heavy atom. The maximum atomic E-state index is 10.4. The maximum absolute atomic E-state index is 10.4. The molecule has 0 amide bonds. The zero-order chi connectivity index (χ0) is 10.9. The molecule has 1 aliphatic rings. The van der Waals surface area contributed by atoms with Gasteiger partial charge in [0.05, 0.1) is 6.10 Å². The minimum absolute atomic E-state index is 0.596. The molecular formula is C12H15ClO2. The Morgan fingerprint density at radius 3 is 2.80 bits per heavy atom. The monoisotopic (exact) mass is 226 g/mol. The van der Waals surface area contributed by atoms with Crippen molar-refractivity contribution in [2.75, 3.05) is 0 Å². The lowest BCUT2D eigenvalue weighted by atomic mass is 9.77. The van der Waals surface area contributed by atoms with Crippen molar-refractivity contribution in [3.8, 4) is 0 Å². The van der Waals surface area contributed by atoms with Crippen molar-refractivity contribution in [3.63, 3.8) is 0 Å². The molecule has 1 saturated carbocycles. The van der Waals surface area contributed by atoms with Crippen molar-refractivity contribution in [1.82, 2.24) is 0 Å². The molecule has 2 nitrogen and oxygen atoms in total. The third-order valence-electron chi connectivity index (χ3n) is 3.16. The summed E-state index contributed by atoms with van der Waals surface area (Å²) in [6.07, 6.45) is 2.51. The highest BCUT2D eigenvalue weighted by molar-refractivity contribution is 6.30. The minimum atomic E-state index is -1.11. The molecule has 2 rings (SSSR count). The normalized spacial score (nSPS) is 31.5. The summed E-state index contributed by atoms with van der Waals surface area (Å²) in [4.78, 5) is 0. The Bertz CT molecular complexity index is 353. The van der Waals surface area contributed by atoms with E-state index in [0.29, 0.717) is 17.9 Å². The van der Waals surface area contributed by atoms with Crippen LogP contribution in [0, 0.1) is 0 Å². The smallest absolute Gasteiger partial charge is 0.115 e. The molecule has 0 heterocycles. The second-order valence-corrected chi connectivity index (χ2v) is 4.63. The fourth-order valence-electron chi connectivity index (χ4n) is 2.23. The molecule has 0 aliphatic heterocycles. The first-order valence-corrected chi connectivity index (χ1v) is 5.67. The molecule has 82 valence electrons. The van der Waals surface area contributed by atoms with E-state index >= 15 is 0 Å². The summed E-state index contributed by atoms with van der Waals surface area (Å²) in [5.41, 5.74) is -0.384. The summed E-state index contributed by atoms with van der Waals surface area (Å²) in [6, 6.07) is 7.12. The van der Waals surface area contributed by atoms with Crippen LogP contribution in [0.1, 0.15) is 31.2 Å². The van der Waals surface area contributed by atoms with E-state index in [1.165, 1.54) is 0 Å². The van der Waals surface area contributed by atoms with Gasteiger partial charge in [0.2, 0.25) is 0 Å². The SMILES string of the molecule is O[C@H]1CCCC[C@]1(O)c1cccc(Cl)c1. The van der Waals surface area contributed by atoms with Gasteiger partial charge in [-0.1, -0.05) is 36.6 Å². The van der Waals surface area contributed by atoms with Crippen LogP contribution in [0.15, 0.2) is 24.3 Å². The molecule has 0 radical (unpaired) electrons. The van der Waals surface area contributed by atoms with Gasteiger partial charge >= 0.3 is 0 Å². The van der Waals surface area contributed by atoms with Crippen molar-refractivity contribution in [2.45, 2.75) is 37.4 Å². The number of aliphatic hydroxyl groups is 2. The lowest BCUT2D eigenvalue weighted by molar-refractivity contribution is -0.106. The van der Waals surface area contributed by atoms with Crippen LogP contribution < -0.4 is 0 Å². The zero-order valence-corrected chi connectivity index (χ0v) is 9.24. The summed E-state index contributed by atoms with van der Waals surface area (Å²) >= 11 is 5.88. The van der Waals surface area contributed by atoms with Crippen molar-refractivity contribution >= 4 is 11.6 Å². The standard InChI is InChI=1S/C12H15ClO2/c13-10-5-3-4-9(8-10)12(15)7-2-1-6-11(12)14/h3-5,8,11,14-15H,1-2,6-7H2/t11-,12-/m0/s1. The highest BCUT2D eigenvalue weighted by Crippen LogP contribution is 2.37. The summed E-state index contributed by atoms with van der Waals surface area (Å²) in [7, 11) is 0. The van der Waals surface area contributed by atoms with Gasteiger partial charge < -0.3 is 10.2 Å². The van der Waals surface area contributed by atoms with E-state index in [0.717, 1.165) is 18.4 Å². The van der Waals surface area contributed by atoms with Gasteiger partial charge in [-0.2, -0.15) is 0 Å². The Hall–Kier alpha value is -0.570. The van der Waals surface area contributed by atoms with E-state index in [4.69, 9.17) is 11.6 Å². The number of hydrogen-bond acceptors (Lipinski definition) is 2. The molecule has 3 heteroatoms. The van der Waals surface area contributed by atoms with Gasteiger partial charge in [0.1, 0.15) is 5.60 Å². The molecule has 0 aromatic heterocycles. The first-order valence-electron chi connectivity index (χ1n) is 5.29. The van der Waals surface area contributed by atoms with Crippen LogP contribution in [-0.4, -0.2) is 16.3 Å². The van der Waals surface area contributed by atoms with Gasteiger partial charge in [0.15, 0.2) is 0 Å². The van der Waals surface area contributed by atoms with E-state index in [-0.39, 0.29) is 0 Å². The Labute approximate surface area is 94.5 Å². The van der Waals surface area contributed by atoms with Crippen LogP contribution in [0.4, 0.5) is 0 Å². The average molecular weight is 227 g/mol. The summed E-state index contributed by atoms with van der Waals surface area (Å²) in [5.74, 6) is 0. The predicted molar refractivity (Wildman–Crippen MR) is 59.8 cm³/mol. The van der Waals surface area contributed by atoms with E-state index in [1.807, 2.05) is 6.07 Å². The van der Waals surface area contributed by atoms with Crippen LogP contribution in [0.25, 0.3) is 0 Å². The van der Waals surface area contributed by atoms with E-state index in [9.17, 15) is 10.2 Å². The molecule has 1 aliphatic carbocycles. The van der Waals surface area contributed by atoms with E-state index < -0.39 is 11.7 Å². The van der Waals surface area contributed by atoms with Crippen molar-refractivity contribution < 1.29 is 10.2 Å². The highest BCUT2D eigenvalue weighted by atomic mass is 35.5. The molecule has 0 saturated heterocycles. The molecule has 0 unspecified atom stereocenters. The Balaban J connectivity index is 2.34. The van der Waals surface area contributed by atoms with Crippen molar-refractivity contribution in [3.05, 3.63) is 34.9 Å². The highest BCUT2D eigenvalue weighted by Gasteiger charge is 2.39. The third kappa shape index (κ3) is 2.03. The van der Waals surface area contributed by atoms with Crippen LogP contribution in [0.3, 0.4) is 0 Å². The van der Waals surface area contributed by atoms with Crippen LogP contribution in [0.5, 0.6) is 0 Å². The third-order valence-corrected chi connectivity index (χ3v) is 3.40. The Morgan fingerprint density at radius 2 is 2.13 bits per heavy atom. The predicted octanol–water partition coefficient (Wildman–Crippen LogP) is 2.46. The van der Waals surface area contributed by atoms with Gasteiger partial charge in [-0.25, -0.2) is 0 Å². The maximum Gasteiger partial charge on any atom is 0.115 e. The quantitative estimate of drug-likeness (QED) is 0.773. The number of halogens is 1. The van der Waals surface area contributed by atoms with Crippen LogP contribution in [0.2, 0.25) is 5.02 Å². The molecular weight excluding hydrogens is 212 g/mol. The second kappa shape index (κ2) is 4.12. The lowest BCUT2D eigenvalue weighted by Crippen LogP contribution is -2.42. The second-order valence-electron chi connectivity index (χ2n) is 4.20. The average Bonchev–Trinajstić information content (AvgIpc) is 2.23. The van der Waals surface area contributed by atoms with E-state index in [1.54, 1.807) is 18.2 Å². The van der Waals surface area contributed by atoms with Gasteiger partial charge in [-0.05, 0) is 30.5 Å². The lowest BCUT2D eigenvalue weighted by Gasteiger charge is -2.37. The Kier molecular flexibility index (Phi) is 3.01. The first-order chi connectivity index (χ1) is 7.13. The molecule has 2 N–H and O–H groups in total. The van der Waals surface area contributed by atoms with Crippen LogP contribution in [-0.2, 0) is 5.60 Å². The minimum Gasteiger partial charge on any atom is -0.390 e. The number of rotatable bonds is 1. The molecule has 1 aromatic rings. The van der Waals surface area contributed by atoms with Gasteiger partial charge in [0, 0.05) is 5.02 Å². The molecule has 1 aromatic carbocycles. The zero-order valence-electron chi connectivity index (χ0n) is 8.49. The molecule has 2 atom stereocenters. The fourth-order valence-corrected chi connectivity index (χ4v) is 2.42. The number of aliphatic hydroxyl groups excluding tert-OH is 1. The molecule has 0 spiro atoms. The van der Waals surface area contributed by atoms with Gasteiger partial charge in [-0.3, -0.25) is 0 Å². The van der Waals surface area contributed by atoms with Crippen LogP contribution >= 0.6 is 11.6 Å². The summed E-state index contributed by atoms with van der Waals surface area (Å²) < 4.78 is 0. The number of benzene rings is 1. The summed E-state index contributed by atoms with van der Waals surface area (Å²) in [6.45, 7) is 0. The molecule has 1 fully saturated rings. The molecule has 15 heavy (non-hydrogen) atoms. The van der Waals surface area contributed by atoms with Gasteiger partial charge in [-0.15, -0.1) is 0 Å². The van der Waals surface area contributed by atoms with E-state index in [2.05, 4.69) is 0 Å². The summed E-state index contributed by atoms with van der Waals surface area (Å²) in [5, 5.41) is 20.9. The topological polar surface area (TPSA) is 40.5 Å². The van der Waals surface area contributed by atoms with Crippen molar-refractivity contribution in [2.24, 2.45) is 0 Å². The number of hydrogen-bond donors (Lipinski definition) is 2.